The molecule has 2 rings (SSSR count). The van der Waals surface area contributed by atoms with Gasteiger partial charge in [-0.3, -0.25) is 0 Å². The molecule has 0 unspecified atom stereocenters. The van der Waals surface area contributed by atoms with Crippen molar-refractivity contribution in [2.45, 2.75) is 25.7 Å². The minimum absolute atomic E-state index is 0.233. The fraction of sp³-hybridized carbons (Fsp3) is 0.429. The van der Waals surface area contributed by atoms with E-state index >= 15 is 0 Å². The molecule has 2 aromatic rings. The van der Waals surface area contributed by atoms with Crippen molar-refractivity contribution in [3.63, 3.8) is 0 Å². The maximum absolute atomic E-state index is 5.27. The quantitative estimate of drug-likeness (QED) is 0.877. The Hall–Kier alpha value is -1.68. The van der Waals surface area contributed by atoms with Crippen molar-refractivity contribution in [2.24, 2.45) is 0 Å². The molecule has 0 atom stereocenters. The molecule has 0 amide bonds. The average Bonchev–Trinajstić information content (AvgIpc) is 2.87. The molecule has 1 N–H and O–H groups in total. The number of likely N-dealkylation sites (N-methyl/N-ethyl adjacent to an activating group) is 1. The topological polar surface area (TPSA) is 51.0 Å². The molecule has 0 bridgehead atoms. The third-order valence-electron chi connectivity index (χ3n) is 3.11. The largest absolute Gasteiger partial charge is 0.339 e. The van der Waals surface area contributed by atoms with Crippen LogP contribution in [0, 0.1) is 0 Å². The van der Waals surface area contributed by atoms with Crippen molar-refractivity contribution < 1.29 is 4.52 Å². The van der Waals surface area contributed by atoms with Gasteiger partial charge in [0.2, 0.25) is 5.89 Å². The van der Waals surface area contributed by atoms with Gasteiger partial charge in [0.1, 0.15) is 0 Å². The van der Waals surface area contributed by atoms with Crippen LogP contribution in [0.5, 0.6) is 0 Å². The van der Waals surface area contributed by atoms with Crippen molar-refractivity contribution in [1.82, 2.24) is 15.5 Å². The van der Waals surface area contributed by atoms with E-state index in [9.17, 15) is 0 Å². The second-order valence-electron chi connectivity index (χ2n) is 4.86. The van der Waals surface area contributed by atoms with Crippen LogP contribution in [0.25, 0.3) is 0 Å². The van der Waals surface area contributed by atoms with Crippen LogP contribution < -0.4 is 5.32 Å². The maximum Gasteiger partial charge on any atom is 0.227 e. The van der Waals surface area contributed by atoms with Crippen molar-refractivity contribution in [2.75, 3.05) is 13.6 Å². The summed E-state index contributed by atoms with van der Waals surface area (Å²) in [7, 11) is 1.91. The van der Waals surface area contributed by atoms with Crippen molar-refractivity contribution in [3.8, 4) is 0 Å². The zero-order valence-corrected chi connectivity index (χ0v) is 11.1. The van der Waals surface area contributed by atoms with Crippen molar-refractivity contribution >= 4 is 0 Å². The lowest BCUT2D eigenvalue weighted by Gasteiger charge is -2.20. The van der Waals surface area contributed by atoms with E-state index in [-0.39, 0.29) is 5.41 Å². The molecule has 0 radical (unpaired) electrons. The number of hydrogen-bond acceptors (Lipinski definition) is 4. The smallest absolute Gasteiger partial charge is 0.227 e. The summed E-state index contributed by atoms with van der Waals surface area (Å²) in [4.78, 5) is 4.48. The molecule has 0 aliphatic rings. The molecular weight excluding hydrogens is 226 g/mol. The van der Waals surface area contributed by atoms with E-state index in [0.29, 0.717) is 5.89 Å². The van der Waals surface area contributed by atoms with Gasteiger partial charge in [0.25, 0.3) is 0 Å². The molecular formula is C14H19N3O. The van der Waals surface area contributed by atoms with E-state index in [1.807, 2.05) is 25.2 Å². The van der Waals surface area contributed by atoms with Gasteiger partial charge in [-0.05, 0) is 26.5 Å². The zero-order valence-electron chi connectivity index (χ0n) is 11.1. The van der Waals surface area contributed by atoms with Crippen LogP contribution in [0.2, 0.25) is 0 Å². The molecule has 1 aromatic carbocycles. The Morgan fingerprint density at radius 3 is 2.61 bits per heavy atom. The van der Waals surface area contributed by atoms with E-state index in [1.54, 1.807) is 0 Å². The third kappa shape index (κ3) is 2.59. The van der Waals surface area contributed by atoms with Crippen molar-refractivity contribution in [1.29, 1.82) is 0 Å². The van der Waals surface area contributed by atoms with E-state index in [1.165, 1.54) is 5.56 Å². The van der Waals surface area contributed by atoms with Gasteiger partial charge >= 0.3 is 0 Å². The molecule has 0 saturated heterocycles. The number of nitrogens with zero attached hydrogens (tertiary/aromatic N) is 2. The summed E-state index contributed by atoms with van der Waals surface area (Å²) in [5.74, 6) is 1.42. The highest BCUT2D eigenvalue weighted by Gasteiger charge is 2.28. The number of nitrogens with one attached hydrogen (secondary N) is 1. The maximum atomic E-state index is 5.27. The van der Waals surface area contributed by atoms with Gasteiger partial charge in [-0.15, -0.1) is 0 Å². The monoisotopic (exact) mass is 245 g/mol. The van der Waals surface area contributed by atoms with Crippen LogP contribution in [0.3, 0.4) is 0 Å². The molecule has 18 heavy (non-hydrogen) atoms. The first-order valence-corrected chi connectivity index (χ1v) is 6.18. The summed E-state index contributed by atoms with van der Waals surface area (Å²) in [6.45, 7) is 5.05. The summed E-state index contributed by atoms with van der Waals surface area (Å²) in [5, 5.41) is 7.17. The molecule has 0 aliphatic heterocycles. The molecule has 96 valence electrons. The van der Waals surface area contributed by atoms with Gasteiger partial charge in [-0.2, -0.15) is 4.98 Å². The van der Waals surface area contributed by atoms with Gasteiger partial charge < -0.3 is 9.84 Å². The summed E-state index contributed by atoms with van der Waals surface area (Å²) >= 11 is 0. The van der Waals surface area contributed by atoms with Crippen molar-refractivity contribution in [3.05, 3.63) is 47.6 Å². The molecule has 0 spiro atoms. The Kier molecular flexibility index (Phi) is 3.77. The molecule has 4 nitrogen and oxygen atoms in total. The van der Waals surface area contributed by atoms with Gasteiger partial charge in [0.15, 0.2) is 5.82 Å². The Labute approximate surface area is 107 Å². The zero-order chi connectivity index (χ0) is 13.0. The van der Waals surface area contributed by atoms with Gasteiger partial charge in [0.05, 0.1) is 5.41 Å². The summed E-state index contributed by atoms with van der Waals surface area (Å²) < 4.78 is 5.27. The third-order valence-corrected chi connectivity index (χ3v) is 3.11. The second kappa shape index (κ2) is 5.31. The second-order valence-corrected chi connectivity index (χ2v) is 4.86. The summed E-state index contributed by atoms with van der Waals surface area (Å²) in [5.41, 5.74) is 0.953. The highest BCUT2D eigenvalue weighted by molar-refractivity contribution is 5.30. The summed E-state index contributed by atoms with van der Waals surface area (Å²) in [6.07, 6.45) is 0.758. The SMILES string of the molecule is CNCCc1nc(C(C)(C)c2ccccc2)no1. The highest BCUT2D eigenvalue weighted by atomic mass is 16.5. The predicted molar refractivity (Wildman–Crippen MR) is 70.5 cm³/mol. The predicted octanol–water partition coefficient (Wildman–Crippen LogP) is 2.16. The summed E-state index contributed by atoms with van der Waals surface area (Å²) in [6, 6.07) is 10.2. The fourth-order valence-electron chi connectivity index (χ4n) is 1.83. The molecule has 1 heterocycles. The highest BCUT2D eigenvalue weighted by Crippen LogP contribution is 2.28. The lowest BCUT2D eigenvalue weighted by molar-refractivity contribution is 0.365. The molecule has 0 saturated carbocycles. The normalized spacial score (nSPS) is 11.7. The van der Waals surface area contributed by atoms with Crippen LogP contribution >= 0.6 is 0 Å². The molecule has 4 heteroatoms. The van der Waals surface area contributed by atoms with Crippen LogP contribution in [-0.4, -0.2) is 23.7 Å². The minimum Gasteiger partial charge on any atom is -0.339 e. The molecule has 0 aliphatic carbocycles. The van der Waals surface area contributed by atoms with Crippen LogP contribution in [-0.2, 0) is 11.8 Å². The minimum atomic E-state index is -0.233. The van der Waals surface area contributed by atoms with Gasteiger partial charge in [-0.25, -0.2) is 0 Å². The first kappa shape index (κ1) is 12.8. The Morgan fingerprint density at radius 1 is 1.22 bits per heavy atom. The number of rotatable bonds is 5. The molecule has 1 aromatic heterocycles. The lowest BCUT2D eigenvalue weighted by atomic mass is 9.84. The fourth-order valence-corrected chi connectivity index (χ4v) is 1.83. The van der Waals surface area contributed by atoms with E-state index < -0.39 is 0 Å². The number of benzene rings is 1. The number of hydrogen-bond donors (Lipinski definition) is 1. The standard InChI is InChI=1S/C14H19N3O/c1-14(2,11-7-5-4-6-8-11)13-16-12(18-17-13)9-10-15-3/h4-8,15H,9-10H2,1-3H3. The Bertz CT molecular complexity index is 491. The lowest BCUT2D eigenvalue weighted by Crippen LogP contribution is -2.20. The van der Waals surface area contributed by atoms with E-state index in [4.69, 9.17) is 4.52 Å². The Morgan fingerprint density at radius 2 is 1.94 bits per heavy atom. The first-order valence-electron chi connectivity index (χ1n) is 6.18. The van der Waals surface area contributed by atoms with Crippen LogP contribution in [0.15, 0.2) is 34.9 Å². The van der Waals surface area contributed by atoms with Crippen LogP contribution in [0.4, 0.5) is 0 Å². The first-order chi connectivity index (χ1) is 8.64. The van der Waals surface area contributed by atoms with E-state index in [0.717, 1.165) is 18.8 Å². The van der Waals surface area contributed by atoms with Gasteiger partial charge in [-0.1, -0.05) is 35.5 Å². The molecule has 0 fully saturated rings. The van der Waals surface area contributed by atoms with E-state index in [2.05, 4.69) is 41.4 Å². The Balaban J connectivity index is 2.22. The van der Waals surface area contributed by atoms with Gasteiger partial charge in [0, 0.05) is 13.0 Å². The average molecular weight is 245 g/mol. The van der Waals surface area contributed by atoms with Crippen LogP contribution in [0.1, 0.15) is 31.1 Å². The number of aromatic nitrogens is 2.